The Morgan fingerprint density at radius 3 is 2.68 bits per heavy atom. The molecule has 1 amide bonds. The lowest BCUT2D eigenvalue weighted by Crippen LogP contribution is -2.61. The van der Waals surface area contributed by atoms with Crippen molar-refractivity contribution < 1.29 is 36.2 Å². The highest BCUT2D eigenvalue weighted by Gasteiger charge is 2.55. The number of halogens is 5. The van der Waals surface area contributed by atoms with E-state index in [0.29, 0.717) is 5.70 Å². The number of rotatable bonds is 7. The largest absolute Gasteiger partial charge is 0.482 e. The second-order valence-electron chi connectivity index (χ2n) is 8.95. The fraction of sp³-hybridized carbons (Fsp3) is 0.455. The maximum Gasteiger partial charge on any atom is 0.272 e. The smallest absolute Gasteiger partial charge is 0.272 e. The third-order valence-corrected chi connectivity index (χ3v) is 5.74. The highest BCUT2D eigenvalue weighted by Crippen LogP contribution is 2.45. The van der Waals surface area contributed by atoms with Gasteiger partial charge in [0.15, 0.2) is 5.75 Å². The maximum atomic E-state index is 13.5. The van der Waals surface area contributed by atoms with E-state index in [2.05, 4.69) is 15.6 Å². The van der Waals surface area contributed by atoms with Crippen molar-refractivity contribution in [2.75, 3.05) is 6.61 Å². The lowest BCUT2D eigenvalue weighted by atomic mass is 9.75. The molecule has 0 spiro atoms. The summed E-state index contributed by atoms with van der Waals surface area (Å²) in [4.78, 5) is 18.2. The van der Waals surface area contributed by atoms with E-state index in [0.717, 1.165) is 12.3 Å². The fourth-order valence-electron chi connectivity index (χ4n) is 4.26. The van der Waals surface area contributed by atoms with Gasteiger partial charge >= 0.3 is 0 Å². The number of fused-ring (bicyclic) bond motifs is 1. The molecule has 0 radical (unpaired) electrons. The van der Waals surface area contributed by atoms with E-state index >= 15 is 0 Å². The Balaban J connectivity index is 1.53. The molecular weight excluding hydrogens is 463 g/mol. The predicted molar refractivity (Wildman–Crippen MR) is 110 cm³/mol. The first-order chi connectivity index (χ1) is 15.8. The van der Waals surface area contributed by atoms with Crippen LogP contribution in [-0.4, -0.2) is 45.9 Å². The third kappa shape index (κ3) is 4.66. The first-order valence-electron chi connectivity index (χ1n) is 10.4. The first kappa shape index (κ1) is 23.8. The highest BCUT2D eigenvalue weighted by molar-refractivity contribution is 5.94. The number of carbonyl (C=O) groups excluding carboxylic acids is 1. The summed E-state index contributed by atoms with van der Waals surface area (Å²) >= 11 is 0. The number of allylic oxidation sites excluding steroid dienone is 2. The van der Waals surface area contributed by atoms with Gasteiger partial charge in [0.25, 0.3) is 24.1 Å². The van der Waals surface area contributed by atoms with E-state index in [1.165, 1.54) is 6.20 Å². The number of amides is 1. The Hall–Kier alpha value is -3.31. The molecule has 34 heavy (non-hydrogen) atoms. The molecule has 0 saturated heterocycles. The second-order valence-corrected chi connectivity index (χ2v) is 8.95. The van der Waals surface area contributed by atoms with Gasteiger partial charge in [-0.1, -0.05) is 0 Å². The molecule has 4 rings (SSSR count). The van der Waals surface area contributed by atoms with Crippen LogP contribution < -0.4 is 20.1 Å². The maximum absolute atomic E-state index is 13.5. The van der Waals surface area contributed by atoms with E-state index in [-0.39, 0.29) is 23.1 Å². The van der Waals surface area contributed by atoms with Gasteiger partial charge in [0.2, 0.25) is 0 Å². The summed E-state index contributed by atoms with van der Waals surface area (Å²) in [6.07, 6.45) is 2.02. The van der Waals surface area contributed by atoms with Crippen LogP contribution in [0.4, 0.5) is 22.0 Å². The SMILES string of the molecule is CC1=C(Oc2ncc(F)cc2OCC(F)F)C=CC2(C)NC(C(=O)NC3(C)CC(F)(F)C3)=CN12. The molecule has 12 heteroatoms. The van der Waals surface area contributed by atoms with Crippen LogP contribution in [-0.2, 0) is 4.79 Å². The van der Waals surface area contributed by atoms with Crippen LogP contribution >= 0.6 is 0 Å². The van der Waals surface area contributed by atoms with Crippen molar-refractivity contribution in [3.63, 3.8) is 0 Å². The summed E-state index contributed by atoms with van der Waals surface area (Å²) in [5.74, 6) is -4.34. The molecule has 1 aromatic rings. The van der Waals surface area contributed by atoms with Crippen LogP contribution in [0.25, 0.3) is 0 Å². The Morgan fingerprint density at radius 1 is 1.32 bits per heavy atom. The van der Waals surface area contributed by atoms with Crippen molar-refractivity contribution in [3.8, 4) is 11.6 Å². The molecule has 3 heterocycles. The second kappa shape index (κ2) is 8.17. The Kier molecular flexibility index (Phi) is 5.73. The topological polar surface area (TPSA) is 75.7 Å². The Labute approximate surface area is 192 Å². The van der Waals surface area contributed by atoms with Crippen LogP contribution in [0, 0.1) is 5.82 Å². The van der Waals surface area contributed by atoms with Gasteiger partial charge in [-0.05, 0) is 32.9 Å². The van der Waals surface area contributed by atoms with E-state index in [9.17, 15) is 26.7 Å². The zero-order valence-corrected chi connectivity index (χ0v) is 18.6. The molecular formula is C22H23F5N4O3. The van der Waals surface area contributed by atoms with Crippen LogP contribution in [0.1, 0.15) is 33.6 Å². The van der Waals surface area contributed by atoms with Crippen molar-refractivity contribution in [2.45, 2.75) is 57.2 Å². The minimum Gasteiger partial charge on any atom is -0.482 e. The van der Waals surface area contributed by atoms with Gasteiger partial charge in [-0.15, -0.1) is 0 Å². The summed E-state index contributed by atoms with van der Waals surface area (Å²) in [5.41, 5.74) is -1.15. The van der Waals surface area contributed by atoms with E-state index in [1.54, 1.807) is 37.8 Å². The van der Waals surface area contributed by atoms with E-state index < -0.39 is 54.7 Å². The number of hydrogen-bond acceptors (Lipinski definition) is 6. The minimum atomic E-state index is -2.79. The molecule has 1 fully saturated rings. The van der Waals surface area contributed by atoms with Crippen molar-refractivity contribution >= 4 is 5.91 Å². The van der Waals surface area contributed by atoms with Gasteiger partial charge in [-0.2, -0.15) is 0 Å². The summed E-state index contributed by atoms with van der Waals surface area (Å²) in [6, 6.07) is 0.890. The number of carbonyl (C=O) groups is 1. The summed E-state index contributed by atoms with van der Waals surface area (Å²) in [7, 11) is 0. The van der Waals surface area contributed by atoms with Crippen LogP contribution in [0.2, 0.25) is 0 Å². The molecule has 1 saturated carbocycles. The molecule has 1 unspecified atom stereocenters. The van der Waals surface area contributed by atoms with E-state index in [1.807, 2.05) is 0 Å². The molecule has 3 aliphatic rings. The molecule has 1 aliphatic carbocycles. The van der Waals surface area contributed by atoms with Crippen LogP contribution in [0.3, 0.4) is 0 Å². The Bertz CT molecular complexity index is 1100. The third-order valence-electron chi connectivity index (χ3n) is 5.74. The lowest BCUT2D eigenvalue weighted by molar-refractivity contribution is -0.141. The average molecular weight is 486 g/mol. The van der Waals surface area contributed by atoms with Crippen molar-refractivity contribution in [2.24, 2.45) is 0 Å². The van der Waals surface area contributed by atoms with Crippen molar-refractivity contribution in [3.05, 3.63) is 53.6 Å². The van der Waals surface area contributed by atoms with E-state index in [4.69, 9.17) is 9.47 Å². The standard InChI is InChI=1S/C22H23F5N4O3/c1-12-15(34-19-16(33-9-17(24)25)6-13(23)7-28-19)4-5-21(3)29-14(8-31(12)21)18(32)30-20(2)10-22(26,27)11-20/h4-8,17,29H,9-11H2,1-3H3,(H,30,32). The van der Waals surface area contributed by atoms with Gasteiger partial charge in [-0.25, -0.2) is 26.9 Å². The number of nitrogens with zero attached hydrogens (tertiary/aromatic N) is 2. The number of ether oxygens (including phenoxy) is 2. The molecule has 184 valence electrons. The predicted octanol–water partition coefficient (Wildman–Crippen LogP) is 3.81. The molecule has 0 bridgehead atoms. The monoisotopic (exact) mass is 486 g/mol. The van der Waals surface area contributed by atoms with Crippen molar-refractivity contribution in [1.29, 1.82) is 0 Å². The highest BCUT2D eigenvalue weighted by atomic mass is 19.3. The fourth-order valence-corrected chi connectivity index (χ4v) is 4.26. The van der Waals surface area contributed by atoms with Gasteiger partial charge in [0, 0.05) is 30.6 Å². The van der Waals surface area contributed by atoms with Gasteiger partial charge < -0.3 is 25.0 Å². The Morgan fingerprint density at radius 2 is 2.03 bits per heavy atom. The normalized spacial score (nSPS) is 24.3. The minimum absolute atomic E-state index is 0.171. The average Bonchev–Trinajstić information content (AvgIpc) is 3.07. The summed E-state index contributed by atoms with van der Waals surface area (Å²) < 4.78 is 75.8. The molecule has 2 N–H and O–H groups in total. The van der Waals surface area contributed by atoms with Gasteiger partial charge in [0.05, 0.1) is 11.9 Å². The number of nitrogens with one attached hydrogen (secondary N) is 2. The summed E-state index contributed by atoms with van der Waals surface area (Å²) in [6.45, 7) is 4.07. The summed E-state index contributed by atoms with van der Waals surface area (Å²) in [5, 5.41) is 5.71. The van der Waals surface area contributed by atoms with Gasteiger partial charge in [0.1, 0.15) is 29.5 Å². The molecule has 2 aliphatic heterocycles. The number of aromatic nitrogens is 1. The lowest BCUT2D eigenvalue weighted by Gasteiger charge is -2.45. The zero-order valence-electron chi connectivity index (χ0n) is 18.6. The molecule has 7 nitrogen and oxygen atoms in total. The number of alkyl halides is 4. The first-order valence-corrected chi connectivity index (χ1v) is 10.4. The van der Waals surface area contributed by atoms with Crippen LogP contribution in [0.5, 0.6) is 11.6 Å². The zero-order chi connectivity index (χ0) is 24.9. The molecule has 1 aromatic heterocycles. The van der Waals surface area contributed by atoms with Crippen molar-refractivity contribution in [1.82, 2.24) is 20.5 Å². The quantitative estimate of drug-likeness (QED) is 0.571. The number of pyridine rings is 1. The molecule has 1 atom stereocenters. The van der Waals surface area contributed by atoms with Gasteiger partial charge in [-0.3, -0.25) is 4.79 Å². The molecule has 0 aromatic carbocycles. The van der Waals surface area contributed by atoms with Crippen LogP contribution in [0.15, 0.2) is 47.8 Å². The number of hydrogen-bond donors (Lipinski definition) is 2.